The molecule has 4 aromatic carbocycles. The molecule has 0 unspecified atom stereocenters. The highest BCUT2D eigenvalue weighted by atomic mass is 32.1. The minimum atomic E-state index is 0.435. The molecule has 5 rings (SSSR count). The van der Waals surface area contributed by atoms with E-state index in [1.54, 1.807) is 4.68 Å². The maximum absolute atomic E-state index is 5.53. The number of ether oxygens (including phenoxy) is 1. The number of nitrogens with zero attached hydrogens (tertiary/aromatic N) is 3. The number of aromatic amines is 1. The van der Waals surface area contributed by atoms with Crippen LogP contribution < -0.4 is 4.74 Å². The number of rotatable bonds is 5. The molecule has 1 heterocycles. The molecule has 0 aliphatic heterocycles. The molecule has 0 saturated heterocycles. The molecule has 152 valence electrons. The van der Waals surface area contributed by atoms with Gasteiger partial charge >= 0.3 is 0 Å². The number of hydrogen-bond donors (Lipinski definition) is 1. The van der Waals surface area contributed by atoms with Gasteiger partial charge in [-0.1, -0.05) is 48.5 Å². The summed E-state index contributed by atoms with van der Waals surface area (Å²) in [6, 6.07) is 26.6. The van der Waals surface area contributed by atoms with Crippen LogP contribution in [0.1, 0.15) is 12.5 Å². The molecule has 0 aliphatic rings. The van der Waals surface area contributed by atoms with Gasteiger partial charge in [0.25, 0.3) is 0 Å². The van der Waals surface area contributed by atoms with Crippen LogP contribution in [-0.4, -0.2) is 27.7 Å². The lowest BCUT2D eigenvalue weighted by atomic mass is 9.97. The summed E-state index contributed by atoms with van der Waals surface area (Å²) in [5.74, 6) is 1.46. The highest BCUT2D eigenvalue weighted by molar-refractivity contribution is 7.71. The van der Waals surface area contributed by atoms with E-state index in [4.69, 9.17) is 22.1 Å². The van der Waals surface area contributed by atoms with E-state index in [2.05, 4.69) is 40.5 Å². The molecule has 0 amide bonds. The number of aromatic nitrogens is 3. The quantitative estimate of drug-likeness (QED) is 0.208. The van der Waals surface area contributed by atoms with E-state index in [1.807, 2.05) is 61.7 Å². The normalized spacial score (nSPS) is 11.5. The lowest BCUT2D eigenvalue weighted by molar-refractivity contribution is 0.340. The molecule has 1 aromatic heterocycles. The van der Waals surface area contributed by atoms with Gasteiger partial charge in [0.15, 0.2) is 5.82 Å². The van der Waals surface area contributed by atoms with E-state index in [-0.39, 0.29) is 0 Å². The molecule has 1 N–H and O–H groups in total. The van der Waals surface area contributed by atoms with Crippen molar-refractivity contribution in [1.82, 2.24) is 14.9 Å². The van der Waals surface area contributed by atoms with Crippen molar-refractivity contribution >= 4 is 40.0 Å². The number of hydrogen-bond acceptors (Lipinski definition) is 4. The van der Waals surface area contributed by atoms with Gasteiger partial charge in [-0.2, -0.15) is 14.9 Å². The van der Waals surface area contributed by atoms with E-state index < -0.39 is 0 Å². The Morgan fingerprint density at radius 2 is 1.61 bits per heavy atom. The second kappa shape index (κ2) is 8.16. The topological polar surface area (TPSA) is 55.2 Å². The fourth-order valence-corrected chi connectivity index (χ4v) is 3.94. The molecule has 6 heteroatoms. The zero-order chi connectivity index (χ0) is 21.2. The summed E-state index contributed by atoms with van der Waals surface area (Å²) in [6.45, 7) is 2.59. The Morgan fingerprint density at radius 3 is 2.26 bits per heavy atom. The lowest BCUT2D eigenvalue weighted by Gasteiger charge is -2.08. The summed E-state index contributed by atoms with van der Waals surface area (Å²) in [6.07, 6.45) is 1.87. The smallest absolute Gasteiger partial charge is 0.216 e. The zero-order valence-corrected chi connectivity index (χ0v) is 17.8. The van der Waals surface area contributed by atoms with Gasteiger partial charge in [0.2, 0.25) is 4.77 Å². The first-order valence-electron chi connectivity index (χ1n) is 10.1. The standard InChI is InChI=1S/C25H20N4OS/c1-2-30-20-13-11-17(12-14-20)24-27-28-25(31)29(24)26-16-23-21-9-5-3-7-18(21)15-19-8-4-6-10-22(19)23/h3-16H,2H2,1H3,(H,28,31)/b26-16-. The first-order chi connectivity index (χ1) is 15.2. The molecule has 5 nitrogen and oxygen atoms in total. The highest BCUT2D eigenvalue weighted by Crippen LogP contribution is 2.27. The summed E-state index contributed by atoms with van der Waals surface area (Å²) >= 11 is 5.45. The second-order valence-electron chi connectivity index (χ2n) is 7.10. The minimum Gasteiger partial charge on any atom is -0.494 e. The van der Waals surface area contributed by atoms with Crippen molar-refractivity contribution in [2.45, 2.75) is 6.92 Å². The average Bonchev–Trinajstić information content (AvgIpc) is 3.17. The predicted molar refractivity (Wildman–Crippen MR) is 128 cm³/mol. The van der Waals surface area contributed by atoms with Crippen LogP contribution in [-0.2, 0) is 0 Å². The summed E-state index contributed by atoms with van der Waals surface area (Å²) in [7, 11) is 0. The average molecular weight is 425 g/mol. The Morgan fingerprint density at radius 1 is 0.968 bits per heavy atom. The molecule has 0 spiro atoms. The SMILES string of the molecule is CCOc1ccc(-c2n[nH]c(=S)n2/N=C\c2c3ccccc3cc3ccccc23)cc1. The van der Waals surface area contributed by atoms with E-state index in [9.17, 15) is 0 Å². The van der Waals surface area contributed by atoms with Crippen LogP contribution in [0.4, 0.5) is 0 Å². The Bertz CT molecular complexity index is 1410. The summed E-state index contributed by atoms with van der Waals surface area (Å²) < 4.78 is 7.62. The molecule has 0 fully saturated rings. The van der Waals surface area contributed by atoms with Gasteiger partial charge < -0.3 is 4.74 Å². The van der Waals surface area contributed by atoms with E-state index in [0.717, 1.165) is 27.6 Å². The number of fused-ring (bicyclic) bond motifs is 2. The van der Waals surface area contributed by atoms with Crippen molar-refractivity contribution < 1.29 is 4.74 Å². The minimum absolute atomic E-state index is 0.435. The van der Waals surface area contributed by atoms with Crippen molar-refractivity contribution in [2.24, 2.45) is 5.10 Å². The third-order valence-electron chi connectivity index (χ3n) is 5.19. The Balaban J connectivity index is 1.63. The van der Waals surface area contributed by atoms with Crippen molar-refractivity contribution in [1.29, 1.82) is 0 Å². The van der Waals surface area contributed by atoms with Crippen LogP contribution in [0, 0.1) is 4.77 Å². The molecule has 31 heavy (non-hydrogen) atoms. The number of benzene rings is 4. The van der Waals surface area contributed by atoms with Crippen LogP contribution in [0.25, 0.3) is 32.9 Å². The van der Waals surface area contributed by atoms with Gasteiger partial charge in [0.05, 0.1) is 12.8 Å². The third-order valence-corrected chi connectivity index (χ3v) is 5.45. The molecular formula is C25H20N4OS. The van der Waals surface area contributed by atoms with E-state index in [1.165, 1.54) is 10.8 Å². The van der Waals surface area contributed by atoms with Gasteiger partial charge in [-0.3, -0.25) is 0 Å². The van der Waals surface area contributed by atoms with Gasteiger partial charge in [0.1, 0.15) is 5.75 Å². The molecule has 0 bridgehead atoms. The van der Waals surface area contributed by atoms with Crippen LogP contribution >= 0.6 is 12.2 Å². The van der Waals surface area contributed by atoms with Gasteiger partial charge in [0, 0.05) is 11.1 Å². The highest BCUT2D eigenvalue weighted by Gasteiger charge is 2.10. The van der Waals surface area contributed by atoms with Crippen LogP contribution in [0.5, 0.6) is 5.75 Å². The van der Waals surface area contributed by atoms with Crippen LogP contribution in [0.15, 0.2) is 84.0 Å². The molecule has 0 radical (unpaired) electrons. The predicted octanol–water partition coefficient (Wildman–Crippen LogP) is 6.19. The van der Waals surface area contributed by atoms with Crippen molar-refractivity contribution in [3.05, 3.63) is 89.2 Å². The van der Waals surface area contributed by atoms with Crippen LogP contribution in [0.3, 0.4) is 0 Å². The Labute approximate surface area is 184 Å². The van der Waals surface area contributed by atoms with Gasteiger partial charge in [-0.15, -0.1) is 0 Å². The second-order valence-corrected chi connectivity index (χ2v) is 7.49. The first kappa shape index (κ1) is 19.2. The summed E-state index contributed by atoms with van der Waals surface area (Å²) in [4.78, 5) is 0. The Hall–Kier alpha value is -3.77. The fraction of sp³-hybridized carbons (Fsp3) is 0.0800. The zero-order valence-electron chi connectivity index (χ0n) is 16.9. The maximum atomic E-state index is 5.53. The van der Waals surface area contributed by atoms with E-state index >= 15 is 0 Å². The van der Waals surface area contributed by atoms with Crippen LogP contribution in [0.2, 0.25) is 0 Å². The first-order valence-corrected chi connectivity index (χ1v) is 10.5. The van der Waals surface area contributed by atoms with E-state index in [0.29, 0.717) is 17.2 Å². The Kier molecular flexibility index (Phi) is 5.06. The molecular weight excluding hydrogens is 404 g/mol. The fourth-order valence-electron chi connectivity index (χ4n) is 3.76. The number of nitrogens with one attached hydrogen (secondary N) is 1. The molecule has 0 saturated carbocycles. The van der Waals surface area contributed by atoms with Crippen molar-refractivity contribution in [2.75, 3.05) is 6.61 Å². The third kappa shape index (κ3) is 3.62. The lowest BCUT2D eigenvalue weighted by Crippen LogP contribution is -1.97. The van der Waals surface area contributed by atoms with Gasteiger partial charge in [-0.25, -0.2) is 5.10 Å². The van der Waals surface area contributed by atoms with Crippen molar-refractivity contribution in [3.8, 4) is 17.1 Å². The molecule has 5 aromatic rings. The largest absolute Gasteiger partial charge is 0.494 e. The van der Waals surface area contributed by atoms with Crippen molar-refractivity contribution in [3.63, 3.8) is 0 Å². The van der Waals surface area contributed by atoms with Gasteiger partial charge in [-0.05, 0) is 71.0 Å². The number of H-pyrrole nitrogens is 1. The maximum Gasteiger partial charge on any atom is 0.216 e. The monoisotopic (exact) mass is 424 g/mol. The molecule has 0 aliphatic carbocycles. The summed E-state index contributed by atoms with van der Waals surface area (Å²) in [5, 5.41) is 16.6. The molecule has 0 atom stereocenters. The summed E-state index contributed by atoms with van der Waals surface area (Å²) in [5.41, 5.74) is 1.95.